The van der Waals surface area contributed by atoms with E-state index in [2.05, 4.69) is 10.0 Å². The first-order valence-electron chi connectivity index (χ1n) is 9.22. The Morgan fingerprint density at radius 3 is 2.32 bits per heavy atom. The van der Waals surface area contributed by atoms with Gasteiger partial charge in [0.05, 0.1) is 15.6 Å². The zero-order valence-corrected chi connectivity index (χ0v) is 18.1. The first-order valence-corrected chi connectivity index (χ1v) is 11.1. The van der Waals surface area contributed by atoms with Crippen LogP contribution in [0.15, 0.2) is 83.8 Å². The molecule has 6 nitrogen and oxygen atoms in total. The molecular formula is C23H19ClN2O4S. The summed E-state index contributed by atoms with van der Waals surface area (Å²) in [4.78, 5) is 23.6. The highest BCUT2D eigenvalue weighted by molar-refractivity contribution is 7.92. The highest BCUT2D eigenvalue weighted by Crippen LogP contribution is 2.24. The lowest BCUT2D eigenvalue weighted by Crippen LogP contribution is -2.13. The highest BCUT2D eigenvalue weighted by atomic mass is 35.5. The minimum absolute atomic E-state index is 0.0649. The Labute approximate surface area is 185 Å². The number of Topliss-reactive ketones (excluding diaryl/α,β-unsaturated/α-hetero) is 1. The van der Waals surface area contributed by atoms with Crippen molar-refractivity contribution < 1.29 is 18.0 Å². The van der Waals surface area contributed by atoms with Gasteiger partial charge in [0.15, 0.2) is 5.78 Å². The summed E-state index contributed by atoms with van der Waals surface area (Å²) in [5.41, 5.74) is 1.95. The second-order valence-corrected chi connectivity index (χ2v) is 8.70. The number of nitrogens with one attached hydrogen (secondary N) is 2. The predicted molar refractivity (Wildman–Crippen MR) is 123 cm³/mol. The number of rotatable bonds is 7. The van der Waals surface area contributed by atoms with Gasteiger partial charge in [0.25, 0.3) is 10.0 Å². The van der Waals surface area contributed by atoms with E-state index < -0.39 is 10.0 Å². The SMILES string of the molecule is CC(=O)c1cccc(NC(=O)/C=C/c2ccc(S(=O)(=O)Nc3ccccc3Cl)cc2)c1. The van der Waals surface area contributed by atoms with Crippen molar-refractivity contribution in [3.63, 3.8) is 0 Å². The molecule has 158 valence electrons. The zero-order valence-electron chi connectivity index (χ0n) is 16.5. The maximum Gasteiger partial charge on any atom is 0.261 e. The highest BCUT2D eigenvalue weighted by Gasteiger charge is 2.15. The van der Waals surface area contributed by atoms with E-state index in [-0.39, 0.29) is 16.6 Å². The van der Waals surface area contributed by atoms with Crippen LogP contribution in [0.3, 0.4) is 0 Å². The minimum atomic E-state index is -3.80. The van der Waals surface area contributed by atoms with Crippen molar-refractivity contribution >= 4 is 50.8 Å². The van der Waals surface area contributed by atoms with Crippen LogP contribution in [0.25, 0.3) is 6.08 Å². The van der Waals surface area contributed by atoms with Gasteiger partial charge in [0.1, 0.15) is 0 Å². The number of carbonyl (C=O) groups excluding carboxylic acids is 2. The smallest absolute Gasteiger partial charge is 0.261 e. The molecular weight excluding hydrogens is 436 g/mol. The van der Waals surface area contributed by atoms with Crippen LogP contribution in [0.5, 0.6) is 0 Å². The summed E-state index contributed by atoms with van der Waals surface area (Å²) in [6.07, 6.45) is 2.88. The lowest BCUT2D eigenvalue weighted by Gasteiger charge is -2.09. The van der Waals surface area contributed by atoms with Gasteiger partial charge in [0, 0.05) is 17.3 Å². The molecule has 0 saturated carbocycles. The standard InChI is InChI=1S/C23H19ClN2O4S/c1-16(27)18-5-4-6-19(15-18)25-23(28)14-11-17-9-12-20(13-10-17)31(29,30)26-22-8-3-2-7-21(22)24/h2-15,26H,1H3,(H,25,28)/b14-11+. The van der Waals surface area contributed by atoms with E-state index in [9.17, 15) is 18.0 Å². The average molecular weight is 455 g/mol. The Kier molecular flexibility index (Phi) is 6.89. The Balaban J connectivity index is 1.66. The fourth-order valence-corrected chi connectivity index (χ4v) is 4.00. The van der Waals surface area contributed by atoms with Gasteiger partial charge in [-0.1, -0.05) is 48.0 Å². The fourth-order valence-electron chi connectivity index (χ4n) is 2.68. The Bertz CT molecular complexity index is 1250. The number of para-hydroxylation sites is 1. The van der Waals surface area contributed by atoms with Crippen molar-refractivity contribution in [3.05, 3.63) is 95.0 Å². The summed E-state index contributed by atoms with van der Waals surface area (Å²) < 4.78 is 27.5. The first-order chi connectivity index (χ1) is 14.7. The van der Waals surface area contributed by atoms with Crippen LogP contribution in [0.1, 0.15) is 22.8 Å². The first kappa shape index (κ1) is 22.3. The Hall–Kier alpha value is -3.42. The van der Waals surface area contributed by atoms with Crippen LogP contribution in [-0.2, 0) is 14.8 Å². The molecule has 3 aromatic carbocycles. The van der Waals surface area contributed by atoms with E-state index in [0.717, 1.165) is 0 Å². The lowest BCUT2D eigenvalue weighted by atomic mass is 10.1. The summed E-state index contributed by atoms with van der Waals surface area (Å²) in [6, 6.07) is 19.2. The molecule has 3 rings (SSSR count). The van der Waals surface area contributed by atoms with Gasteiger partial charge in [-0.25, -0.2) is 8.42 Å². The molecule has 0 aliphatic heterocycles. The fraction of sp³-hybridized carbons (Fsp3) is 0.0435. The quantitative estimate of drug-likeness (QED) is 0.388. The summed E-state index contributed by atoms with van der Waals surface area (Å²) in [5.74, 6) is -0.469. The third kappa shape index (κ3) is 6.04. The van der Waals surface area contributed by atoms with Crippen molar-refractivity contribution in [2.24, 2.45) is 0 Å². The topological polar surface area (TPSA) is 92.3 Å². The van der Waals surface area contributed by atoms with E-state index >= 15 is 0 Å². The molecule has 8 heteroatoms. The number of benzene rings is 3. The van der Waals surface area contributed by atoms with E-state index in [0.29, 0.717) is 27.5 Å². The van der Waals surface area contributed by atoms with Gasteiger partial charge in [-0.2, -0.15) is 0 Å². The summed E-state index contributed by atoms with van der Waals surface area (Å²) in [5, 5.41) is 2.98. The normalized spacial score (nSPS) is 11.3. The lowest BCUT2D eigenvalue weighted by molar-refractivity contribution is -0.111. The van der Waals surface area contributed by atoms with Crippen LogP contribution in [-0.4, -0.2) is 20.1 Å². The Morgan fingerprint density at radius 1 is 0.935 bits per heavy atom. The number of sulfonamides is 1. The van der Waals surface area contributed by atoms with Crippen molar-refractivity contribution in [1.29, 1.82) is 0 Å². The maximum atomic E-state index is 12.5. The number of amides is 1. The van der Waals surface area contributed by atoms with Gasteiger partial charge < -0.3 is 5.32 Å². The average Bonchev–Trinajstić information content (AvgIpc) is 2.74. The van der Waals surface area contributed by atoms with Crippen LogP contribution >= 0.6 is 11.6 Å². The monoisotopic (exact) mass is 454 g/mol. The van der Waals surface area contributed by atoms with Gasteiger partial charge in [-0.3, -0.25) is 14.3 Å². The molecule has 0 aliphatic rings. The molecule has 0 atom stereocenters. The Morgan fingerprint density at radius 2 is 1.65 bits per heavy atom. The summed E-state index contributed by atoms with van der Waals surface area (Å²) in [7, 11) is -3.80. The van der Waals surface area contributed by atoms with Gasteiger partial charge in [0.2, 0.25) is 5.91 Å². The number of hydrogen-bond donors (Lipinski definition) is 2. The van der Waals surface area contributed by atoms with E-state index in [1.807, 2.05) is 0 Å². The van der Waals surface area contributed by atoms with Crippen molar-refractivity contribution in [1.82, 2.24) is 0 Å². The molecule has 0 bridgehead atoms. The van der Waals surface area contributed by atoms with Crippen LogP contribution in [0, 0.1) is 0 Å². The second kappa shape index (κ2) is 9.59. The number of carbonyl (C=O) groups is 2. The van der Waals surface area contributed by atoms with Crippen LogP contribution in [0.2, 0.25) is 5.02 Å². The molecule has 0 aromatic heterocycles. The van der Waals surface area contributed by atoms with Crippen LogP contribution in [0.4, 0.5) is 11.4 Å². The molecule has 0 heterocycles. The number of anilines is 2. The van der Waals surface area contributed by atoms with Gasteiger partial charge >= 0.3 is 0 Å². The van der Waals surface area contributed by atoms with E-state index in [1.54, 1.807) is 66.7 Å². The van der Waals surface area contributed by atoms with Crippen molar-refractivity contribution in [3.8, 4) is 0 Å². The molecule has 2 N–H and O–H groups in total. The molecule has 31 heavy (non-hydrogen) atoms. The third-order valence-electron chi connectivity index (χ3n) is 4.27. The van der Waals surface area contributed by atoms with E-state index in [4.69, 9.17) is 11.6 Å². The van der Waals surface area contributed by atoms with Gasteiger partial charge in [-0.15, -0.1) is 0 Å². The number of hydrogen-bond acceptors (Lipinski definition) is 4. The minimum Gasteiger partial charge on any atom is -0.322 e. The summed E-state index contributed by atoms with van der Waals surface area (Å²) in [6.45, 7) is 1.45. The molecule has 0 spiro atoms. The molecule has 0 aliphatic carbocycles. The second-order valence-electron chi connectivity index (χ2n) is 6.61. The molecule has 0 unspecified atom stereocenters. The predicted octanol–water partition coefficient (Wildman–Crippen LogP) is 5.00. The zero-order chi connectivity index (χ0) is 22.4. The number of halogens is 1. The molecule has 0 radical (unpaired) electrons. The molecule has 0 fully saturated rings. The molecule has 1 amide bonds. The van der Waals surface area contributed by atoms with E-state index in [1.165, 1.54) is 25.1 Å². The summed E-state index contributed by atoms with van der Waals surface area (Å²) >= 11 is 6.01. The van der Waals surface area contributed by atoms with Gasteiger partial charge in [-0.05, 0) is 55.0 Å². The maximum absolute atomic E-state index is 12.5. The van der Waals surface area contributed by atoms with Crippen molar-refractivity contribution in [2.45, 2.75) is 11.8 Å². The third-order valence-corrected chi connectivity index (χ3v) is 5.98. The van der Waals surface area contributed by atoms with Crippen molar-refractivity contribution in [2.75, 3.05) is 10.0 Å². The molecule has 3 aromatic rings. The largest absolute Gasteiger partial charge is 0.322 e. The molecule has 0 saturated heterocycles. The van der Waals surface area contributed by atoms with Crippen LogP contribution < -0.4 is 10.0 Å². The number of ketones is 1.